The summed E-state index contributed by atoms with van der Waals surface area (Å²) in [5.41, 5.74) is 5.82. The molecule has 2 N–H and O–H groups in total. The molecule has 0 heterocycles. The molecule has 0 aliphatic carbocycles. The SMILES string of the molecule is CCN(C(N)=O)S(=O)(=O)c1cccc(C)c1. The van der Waals surface area contributed by atoms with Crippen molar-refractivity contribution in [2.45, 2.75) is 18.7 Å². The molecular formula is C10H14N2O3S. The predicted molar refractivity (Wildman–Crippen MR) is 60.3 cm³/mol. The second-order valence-electron chi connectivity index (χ2n) is 3.32. The zero-order valence-corrected chi connectivity index (χ0v) is 9.99. The van der Waals surface area contributed by atoms with Crippen molar-refractivity contribution in [1.82, 2.24) is 4.31 Å². The van der Waals surface area contributed by atoms with Crippen LogP contribution in [0.3, 0.4) is 0 Å². The number of amides is 2. The summed E-state index contributed by atoms with van der Waals surface area (Å²) in [7, 11) is -3.81. The number of rotatable bonds is 3. The maximum atomic E-state index is 12.0. The van der Waals surface area contributed by atoms with E-state index in [1.807, 2.05) is 0 Å². The first kappa shape index (κ1) is 12.5. The minimum absolute atomic E-state index is 0.0195. The molecule has 0 fully saturated rings. The number of primary amides is 1. The number of nitrogens with two attached hydrogens (primary N) is 1. The van der Waals surface area contributed by atoms with Crippen molar-refractivity contribution in [3.8, 4) is 0 Å². The van der Waals surface area contributed by atoms with E-state index in [0.29, 0.717) is 4.31 Å². The van der Waals surface area contributed by atoms with Crippen LogP contribution in [-0.4, -0.2) is 25.3 Å². The standard InChI is InChI=1S/C10H14N2O3S/c1-3-12(10(11)13)16(14,15)9-6-4-5-8(2)7-9/h4-7H,3H2,1-2H3,(H2,11,13). The number of hydrogen-bond donors (Lipinski definition) is 1. The summed E-state index contributed by atoms with van der Waals surface area (Å²) in [6, 6.07) is 5.37. The average Bonchev–Trinajstić information content (AvgIpc) is 2.17. The maximum Gasteiger partial charge on any atom is 0.328 e. The number of carbonyl (C=O) groups is 1. The molecule has 0 aromatic heterocycles. The fourth-order valence-corrected chi connectivity index (χ4v) is 2.76. The Morgan fingerprint density at radius 1 is 1.44 bits per heavy atom. The Morgan fingerprint density at radius 2 is 2.06 bits per heavy atom. The molecule has 0 saturated heterocycles. The summed E-state index contributed by atoms with van der Waals surface area (Å²) in [5, 5.41) is 0. The first-order valence-corrected chi connectivity index (χ1v) is 6.22. The minimum Gasteiger partial charge on any atom is -0.351 e. The van der Waals surface area contributed by atoms with E-state index in [9.17, 15) is 13.2 Å². The van der Waals surface area contributed by atoms with Crippen molar-refractivity contribution in [3.05, 3.63) is 29.8 Å². The monoisotopic (exact) mass is 242 g/mol. The molecular weight excluding hydrogens is 228 g/mol. The summed E-state index contributed by atoms with van der Waals surface area (Å²) < 4.78 is 24.6. The van der Waals surface area contributed by atoms with E-state index in [0.717, 1.165) is 5.56 Å². The smallest absolute Gasteiger partial charge is 0.328 e. The van der Waals surface area contributed by atoms with Gasteiger partial charge in [0.15, 0.2) is 0 Å². The molecule has 0 radical (unpaired) electrons. The zero-order chi connectivity index (χ0) is 12.3. The summed E-state index contributed by atoms with van der Waals surface area (Å²) in [6.07, 6.45) is 0. The van der Waals surface area contributed by atoms with Gasteiger partial charge in [-0.15, -0.1) is 0 Å². The predicted octanol–water partition coefficient (Wildman–Crippen LogP) is 1.08. The molecule has 0 unspecified atom stereocenters. The van der Waals surface area contributed by atoms with E-state index in [1.54, 1.807) is 26.0 Å². The van der Waals surface area contributed by atoms with Crippen molar-refractivity contribution in [1.29, 1.82) is 0 Å². The van der Waals surface area contributed by atoms with Crippen LogP contribution in [0.15, 0.2) is 29.2 Å². The Morgan fingerprint density at radius 3 is 2.50 bits per heavy atom. The molecule has 2 amide bonds. The molecule has 0 saturated carbocycles. The Kier molecular flexibility index (Phi) is 3.54. The molecule has 6 heteroatoms. The van der Waals surface area contributed by atoms with Crippen LogP contribution in [0.5, 0.6) is 0 Å². The fourth-order valence-electron chi connectivity index (χ4n) is 1.35. The van der Waals surface area contributed by atoms with E-state index in [1.165, 1.54) is 12.1 Å². The van der Waals surface area contributed by atoms with Gasteiger partial charge in [0.05, 0.1) is 4.90 Å². The highest BCUT2D eigenvalue weighted by atomic mass is 32.2. The Hall–Kier alpha value is -1.56. The van der Waals surface area contributed by atoms with Gasteiger partial charge < -0.3 is 5.73 Å². The second kappa shape index (κ2) is 4.52. The van der Waals surface area contributed by atoms with E-state index in [4.69, 9.17) is 5.73 Å². The van der Waals surface area contributed by atoms with Gasteiger partial charge in [0.1, 0.15) is 0 Å². The molecule has 88 valence electrons. The van der Waals surface area contributed by atoms with Crippen molar-refractivity contribution < 1.29 is 13.2 Å². The third-order valence-electron chi connectivity index (χ3n) is 2.11. The van der Waals surface area contributed by atoms with Gasteiger partial charge in [-0.1, -0.05) is 12.1 Å². The van der Waals surface area contributed by atoms with Gasteiger partial charge in [-0.3, -0.25) is 0 Å². The van der Waals surface area contributed by atoms with Crippen LogP contribution in [0.4, 0.5) is 4.79 Å². The van der Waals surface area contributed by atoms with Gasteiger partial charge in [0.2, 0.25) is 0 Å². The van der Waals surface area contributed by atoms with Gasteiger partial charge in [-0.25, -0.2) is 17.5 Å². The van der Waals surface area contributed by atoms with Crippen molar-refractivity contribution in [3.63, 3.8) is 0 Å². The maximum absolute atomic E-state index is 12.0. The average molecular weight is 242 g/mol. The van der Waals surface area contributed by atoms with Crippen LogP contribution < -0.4 is 5.73 Å². The Balaban J connectivity index is 3.25. The first-order chi connectivity index (χ1) is 7.39. The normalized spacial score (nSPS) is 11.1. The van der Waals surface area contributed by atoms with E-state index < -0.39 is 16.1 Å². The van der Waals surface area contributed by atoms with Crippen molar-refractivity contribution >= 4 is 16.1 Å². The number of urea groups is 1. The minimum atomic E-state index is -3.81. The molecule has 1 aromatic carbocycles. The quantitative estimate of drug-likeness (QED) is 0.861. The Bertz CT molecular complexity index is 497. The molecule has 1 rings (SSSR count). The first-order valence-electron chi connectivity index (χ1n) is 4.78. The number of aryl methyl sites for hydroxylation is 1. The summed E-state index contributed by atoms with van der Waals surface area (Å²) in [4.78, 5) is 11.1. The third-order valence-corrected chi connectivity index (χ3v) is 3.98. The number of nitrogens with zero attached hydrogens (tertiary/aromatic N) is 1. The largest absolute Gasteiger partial charge is 0.351 e. The molecule has 1 aromatic rings. The molecule has 16 heavy (non-hydrogen) atoms. The van der Waals surface area contributed by atoms with Crippen LogP contribution in [-0.2, 0) is 10.0 Å². The van der Waals surface area contributed by atoms with E-state index >= 15 is 0 Å². The number of carbonyl (C=O) groups excluding carboxylic acids is 1. The molecule has 0 atom stereocenters. The lowest BCUT2D eigenvalue weighted by molar-refractivity contribution is 0.233. The molecule has 0 aliphatic heterocycles. The summed E-state index contributed by atoms with van der Waals surface area (Å²) in [5.74, 6) is 0. The second-order valence-corrected chi connectivity index (χ2v) is 5.19. The van der Waals surface area contributed by atoms with E-state index in [2.05, 4.69) is 0 Å². The third kappa shape index (κ3) is 2.33. The van der Waals surface area contributed by atoms with Crippen molar-refractivity contribution in [2.24, 2.45) is 5.73 Å². The summed E-state index contributed by atoms with van der Waals surface area (Å²) in [6.45, 7) is 3.35. The number of benzene rings is 1. The van der Waals surface area contributed by atoms with Gasteiger partial charge in [-0.2, -0.15) is 0 Å². The van der Waals surface area contributed by atoms with Gasteiger partial charge >= 0.3 is 6.03 Å². The highest BCUT2D eigenvalue weighted by Crippen LogP contribution is 2.16. The topological polar surface area (TPSA) is 80.5 Å². The Labute approximate surface area is 94.9 Å². The molecule has 0 aliphatic rings. The summed E-state index contributed by atoms with van der Waals surface area (Å²) >= 11 is 0. The number of hydrogen-bond acceptors (Lipinski definition) is 3. The molecule has 0 spiro atoms. The molecule has 5 nitrogen and oxygen atoms in total. The van der Waals surface area contributed by atoms with Crippen LogP contribution in [0, 0.1) is 6.92 Å². The highest BCUT2D eigenvalue weighted by molar-refractivity contribution is 7.89. The lowest BCUT2D eigenvalue weighted by atomic mass is 10.2. The van der Waals surface area contributed by atoms with Gasteiger partial charge in [0.25, 0.3) is 10.0 Å². The van der Waals surface area contributed by atoms with Gasteiger partial charge in [-0.05, 0) is 31.5 Å². The van der Waals surface area contributed by atoms with Crippen LogP contribution in [0.2, 0.25) is 0 Å². The van der Waals surface area contributed by atoms with Crippen LogP contribution in [0.1, 0.15) is 12.5 Å². The van der Waals surface area contributed by atoms with E-state index in [-0.39, 0.29) is 11.4 Å². The van der Waals surface area contributed by atoms with Crippen LogP contribution in [0.25, 0.3) is 0 Å². The highest BCUT2D eigenvalue weighted by Gasteiger charge is 2.25. The van der Waals surface area contributed by atoms with Gasteiger partial charge in [0, 0.05) is 6.54 Å². The number of sulfonamides is 1. The van der Waals surface area contributed by atoms with Crippen molar-refractivity contribution in [2.75, 3.05) is 6.54 Å². The zero-order valence-electron chi connectivity index (χ0n) is 9.17. The van der Waals surface area contributed by atoms with Crippen LogP contribution >= 0.6 is 0 Å². The lowest BCUT2D eigenvalue weighted by Gasteiger charge is -2.18. The molecule has 0 bridgehead atoms. The lowest BCUT2D eigenvalue weighted by Crippen LogP contribution is -2.40. The fraction of sp³-hybridized carbons (Fsp3) is 0.300.